The minimum atomic E-state index is -3.40. The topological polar surface area (TPSA) is 83.5 Å². The van der Waals surface area contributed by atoms with E-state index in [-0.39, 0.29) is 10.8 Å². The van der Waals surface area contributed by atoms with Gasteiger partial charge in [0.2, 0.25) is 5.91 Å². The molecule has 2 aromatic carbocycles. The van der Waals surface area contributed by atoms with Crippen LogP contribution in [0.4, 0.5) is 0 Å². The van der Waals surface area contributed by atoms with Crippen LogP contribution in [0.2, 0.25) is 0 Å². The molecule has 3 rings (SSSR count). The zero-order chi connectivity index (χ0) is 21.7. The summed E-state index contributed by atoms with van der Waals surface area (Å²) in [7, 11) is -3.40. The second-order valence-corrected chi connectivity index (χ2v) is 10.4. The van der Waals surface area contributed by atoms with Gasteiger partial charge in [0, 0.05) is 25.1 Å². The number of sulfone groups is 1. The molecular formula is C23H28N2O4S. The molecule has 0 saturated carbocycles. The van der Waals surface area contributed by atoms with Crippen molar-refractivity contribution in [3.8, 4) is 0 Å². The molecule has 0 aromatic heterocycles. The number of nitrogens with zero attached hydrogens (tertiary/aromatic N) is 1. The highest BCUT2D eigenvalue weighted by molar-refractivity contribution is 7.92. The summed E-state index contributed by atoms with van der Waals surface area (Å²) in [5.74, 6) is -0.472. The van der Waals surface area contributed by atoms with Gasteiger partial charge in [-0.25, -0.2) is 8.42 Å². The Bertz CT molecular complexity index is 980. The SMILES string of the molecule is CC(C)S(=O)(=O)c1ccc(C(=O)NC(Cc2ccccc2)C(=O)N2CCCC2)cc1. The highest BCUT2D eigenvalue weighted by Crippen LogP contribution is 2.17. The summed E-state index contributed by atoms with van der Waals surface area (Å²) in [6.07, 6.45) is 2.36. The zero-order valence-corrected chi connectivity index (χ0v) is 18.2. The molecule has 6 nitrogen and oxygen atoms in total. The number of likely N-dealkylation sites (tertiary alicyclic amines) is 1. The molecular weight excluding hydrogens is 400 g/mol. The van der Waals surface area contributed by atoms with E-state index in [1.165, 1.54) is 24.3 Å². The van der Waals surface area contributed by atoms with Gasteiger partial charge in [0.25, 0.3) is 5.91 Å². The lowest BCUT2D eigenvalue weighted by molar-refractivity contribution is -0.132. The summed E-state index contributed by atoms with van der Waals surface area (Å²) in [4.78, 5) is 27.8. The Hall–Kier alpha value is -2.67. The first-order valence-corrected chi connectivity index (χ1v) is 11.8. The minimum absolute atomic E-state index is 0.0799. The van der Waals surface area contributed by atoms with E-state index < -0.39 is 27.0 Å². The molecule has 1 aliphatic rings. The summed E-state index contributed by atoms with van der Waals surface area (Å²) in [6, 6.07) is 14.8. The molecule has 0 aliphatic carbocycles. The van der Waals surface area contributed by atoms with Gasteiger partial charge in [0.05, 0.1) is 10.1 Å². The molecule has 1 heterocycles. The fraction of sp³-hybridized carbons (Fsp3) is 0.391. The Morgan fingerprint density at radius 3 is 2.13 bits per heavy atom. The predicted molar refractivity (Wildman–Crippen MR) is 116 cm³/mol. The van der Waals surface area contributed by atoms with Crippen molar-refractivity contribution in [1.82, 2.24) is 10.2 Å². The Morgan fingerprint density at radius 2 is 1.57 bits per heavy atom. The summed E-state index contributed by atoms with van der Waals surface area (Å²) < 4.78 is 24.6. The van der Waals surface area contributed by atoms with E-state index in [0.29, 0.717) is 25.1 Å². The second kappa shape index (κ2) is 9.43. The van der Waals surface area contributed by atoms with Crippen molar-refractivity contribution in [2.24, 2.45) is 0 Å². The molecule has 1 unspecified atom stereocenters. The maximum Gasteiger partial charge on any atom is 0.251 e. The first kappa shape index (κ1) is 22.0. The summed E-state index contributed by atoms with van der Waals surface area (Å²) in [5.41, 5.74) is 1.29. The quantitative estimate of drug-likeness (QED) is 0.735. The molecule has 0 spiro atoms. The molecule has 30 heavy (non-hydrogen) atoms. The lowest BCUT2D eigenvalue weighted by Gasteiger charge is -2.24. The number of nitrogens with one attached hydrogen (secondary N) is 1. The minimum Gasteiger partial charge on any atom is -0.341 e. The van der Waals surface area contributed by atoms with E-state index in [4.69, 9.17) is 0 Å². The van der Waals surface area contributed by atoms with E-state index in [9.17, 15) is 18.0 Å². The first-order chi connectivity index (χ1) is 14.3. The van der Waals surface area contributed by atoms with Crippen LogP contribution < -0.4 is 5.32 Å². The van der Waals surface area contributed by atoms with E-state index >= 15 is 0 Å². The monoisotopic (exact) mass is 428 g/mol. The van der Waals surface area contributed by atoms with E-state index in [1.54, 1.807) is 18.7 Å². The van der Waals surface area contributed by atoms with E-state index in [0.717, 1.165) is 18.4 Å². The number of hydrogen-bond donors (Lipinski definition) is 1. The van der Waals surface area contributed by atoms with Crippen molar-refractivity contribution < 1.29 is 18.0 Å². The lowest BCUT2D eigenvalue weighted by atomic mass is 10.0. The van der Waals surface area contributed by atoms with Crippen LogP contribution in [0.1, 0.15) is 42.6 Å². The Balaban J connectivity index is 1.77. The molecule has 1 aliphatic heterocycles. The van der Waals surface area contributed by atoms with Crippen molar-refractivity contribution in [2.75, 3.05) is 13.1 Å². The van der Waals surface area contributed by atoms with Crippen molar-refractivity contribution >= 4 is 21.7 Å². The summed E-state index contributed by atoms with van der Waals surface area (Å²) >= 11 is 0. The Morgan fingerprint density at radius 1 is 0.967 bits per heavy atom. The molecule has 0 bridgehead atoms. The van der Waals surface area contributed by atoms with Crippen molar-refractivity contribution in [3.05, 3.63) is 65.7 Å². The van der Waals surface area contributed by atoms with Gasteiger partial charge in [0.1, 0.15) is 6.04 Å². The maximum absolute atomic E-state index is 13.0. The van der Waals surface area contributed by atoms with Gasteiger partial charge in [-0.1, -0.05) is 30.3 Å². The molecule has 0 radical (unpaired) electrons. The number of carbonyl (C=O) groups excluding carboxylic acids is 2. The van der Waals surface area contributed by atoms with Gasteiger partial charge in [-0.3, -0.25) is 9.59 Å². The molecule has 1 fully saturated rings. The van der Waals surface area contributed by atoms with Crippen LogP contribution >= 0.6 is 0 Å². The van der Waals surface area contributed by atoms with Crippen LogP contribution in [0.5, 0.6) is 0 Å². The highest BCUT2D eigenvalue weighted by Gasteiger charge is 2.28. The standard InChI is InChI=1S/C23H28N2O4S/c1-17(2)30(28,29)20-12-10-19(11-13-20)22(26)24-21(16-18-8-4-3-5-9-18)23(27)25-14-6-7-15-25/h3-5,8-13,17,21H,6-7,14-16H2,1-2H3,(H,24,26). The third-order valence-corrected chi connectivity index (χ3v) is 7.54. The number of carbonyl (C=O) groups is 2. The summed E-state index contributed by atoms with van der Waals surface area (Å²) in [6.45, 7) is 4.66. The molecule has 7 heteroatoms. The number of amides is 2. The predicted octanol–water partition coefficient (Wildman–Crippen LogP) is 2.83. The molecule has 1 N–H and O–H groups in total. The van der Waals surface area contributed by atoms with Gasteiger partial charge in [0.15, 0.2) is 9.84 Å². The van der Waals surface area contributed by atoms with Crippen LogP contribution in [-0.2, 0) is 21.1 Å². The van der Waals surface area contributed by atoms with Gasteiger partial charge in [-0.15, -0.1) is 0 Å². The average molecular weight is 429 g/mol. The fourth-order valence-corrected chi connectivity index (χ4v) is 4.58. The Kier molecular flexibility index (Phi) is 6.92. The molecule has 2 amide bonds. The number of hydrogen-bond acceptors (Lipinski definition) is 4. The molecule has 1 saturated heterocycles. The first-order valence-electron chi connectivity index (χ1n) is 10.3. The smallest absolute Gasteiger partial charge is 0.251 e. The van der Waals surface area contributed by atoms with Gasteiger partial charge >= 0.3 is 0 Å². The van der Waals surface area contributed by atoms with Crippen LogP contribution in [0, 0.1) is 0 Å². The average Bonchev–Trinajstić information content (AvgIpc) is 3.28. The zero-order valence-electron chi connectivity index (χ0n) is 17.4. The molecule has 2 aromatic rings. The number of rotatable bonds is 7. The van der Waals surface area contributed by atoms with Gasteiger partial charge < -0.3 is 10.2 Å². The van der Waals surface area contributed by atoms with Crippen molar-refractivity contribution in [2.45, 2.75) is 49.3 Å². The van der Waals surface area contributed by atoms with Crippen LogP contribution in [0.3, 0.4) is 0 Å². The highest BCUT2D eigenvalue weighted by atomic mass is 32.2. The molecule has 1 atom stereocenters. The van der Waals surface area contributed by atoms with Gasteiger partial charge in [-0.2, -0.15) is 0 Å². The maximum atomic E-state index is 13.0. The van der Waals surface area contributed by atoms with Crippen LogP contribution in [-0.4, -0.2) is 49.5 Å². The van der Waals surface area contributed by atoms with Crippen molar-refractivity contribution in [3.63, 3.8) is 0 Å². The third kappa shape index (κ3) is 5.08. The third-order valence-electron chi connectivity index (χ3n) is 5.37. The van der Waals surface area contributed by atoms with E-state index in [2.05, 4.69) is 5.32 Å². The second-order valence-electron chi connectivity index (χ2n) is 7.87. The number of benzene rings is 2. The van der Waals surface area contributed by atoms with Crippen LogP contribution in [0.25, 0.3) is 0 Å². The molecule has 160 valence electrons. The van der Waals surface area contributed by atoms with Gasteiger partial charge in [-0.05, 0) is 56.5 Å². The normalized spacial score (nSPS) is 15.2. The lowest BCUT2D eigenvalue weighted by Crippen LogP contribution is -2.49. The van der Waals surface area contributed by atoms with Crippen molar-refractivity contribution in [1.29, 1.82) is 0 Å². The van der Waals surface area contributed by atoms with Crippen LogP contribution in [0.15, 0.2) is 59.5 Å². The largest absolute Gasteiger partial charge is 0.341 e. The fourth-order valence-electron chi connectivity index (χ4n) is 3.52. The Labute approximate surface area is 178 Å². The summed E-state index contributed by atoms with van der Waals surface area (Å²) in [5, 5.41) is 2.32. The van der Waals surface area contributed by atoms with E-state index in [1.807, 2.05) is 30.3 Å².